The van der Waals surface area contributed by atoms with E-state index in [-0.39, 0.29) is 10.9 Å². The number of carbonyl (C=O) groups excluding carboxylic acids is 2. The Balaban J connectivity index is 1.88. The molecule has 126 valence electrons. The van der Waals surface area contributed by atoms with E-state index in [2.05, 4.69) is 15.0 Å². The highest BCUT2D eigenvalue weighted by Gasteiger charge is 2.14. The SMILES string of the molecule is COC(=O)c1ccc(NC(=O)c2c[nH]c3ccc(F)cc3c2=O)cc1. The molecule has 6 nitrogen and oxygen atoms in total. The van der Waals surface area contributed by atoms with Crippen LogP contribution in [0.15, 0.2) is 53.5 Å². The maximum Gasteiger partial charge on any atom is 0.337 e. The van der Waals surface area contributed by atoms with Crippen LogP contribution in [-0.2, 0) is 4.74 Å². The van der Waals surface area contributed by atoms with Gasteiger partial charge in [-0.1, -0.05) is 0 Å². The lowest BCUT2D eigenvalue weighted by atomic mass is 10.1. The summed E-state index contributed by atoms with van der Waals surface area (Å²) in [6.45, 7) is 0. The molecule has 0 spiro atoms. The minimum Gasteiger partial charge on any atom is -0.465 e. The number of amides is 1. The van der Waals surface area contributed by atoms with Gasteiger partial charge in [0.1, 0.15) is 11.4 Å². The summed E-state index contributed by atoms with van der Waals surface area (Å²) in [6.07, 6.45) is 1.28. The van der Waals surface area contributed by atoms with Crippen LogP contribution in [0.3, 0.4) is 0 Å². The number of hydrogen-bond acceptors (Lipinski definition) is 4. The number of aromatic nitrogens is 1. The quantitative estimate of drug-likeness (QED) is 0.718. The van der Waals surface area contributed by atoms with Gasteiger partial charge in [0.25, 0.3) is 5.91 Å². The molecule has 0 unspecified atom stereocenters. The fourth-order valence-corrected chi connectivity index (χ4v) is 2.37. The van der Waals surface area contributed by atoms with Crippen molar-refractivity contribution in [1.29, 1.82) is 0 Å². The molecule has 0 aliphatic rings. The number of rotatable bonds is 3. The molecule has 7 heteroatoms. The molecule has 0 aliphatic heterocycles. The number of fused-ring (bicyclic) bond motifs is 1. The second kappa shape index (κ2) is 6.56. The van der Waals surface area contributed by atoms with Crippen molar-refractivity contribution in [3.63, 3.8) is 0 Å². The van der Waals surface area contributed by atoms with Gasteiger partial charge >= 0.3 is 5.97 Å². The lowest BCUT2D eigenvalue weighted by Gasteiger charge is -2.07. The zero-order valence-corrected chi connectivity index (χ0v) is 13.1. The van der Waals surface area contributed by atoms with E-state index in [1.807, 2.05) is 0 Å². The molecular formula is C18H13FN2O4. The van der Waals surface area contributed by atoms with Crippen molar-refractivity contribution >= 4 is 28.5 Å². The highest BCUT2D eigenvalue weighted by Crippen LogP contribution is 2.13. The van der Waals surface area contributed by atoms with Crippen LogP contribution in [0.5, 0.6) is 0 Å². The molecule has 0 saturated carbocycles. The monoisotopic (exact) mass is 340 g/mol. The minimum absolute atomic E-state index is 0.0914. The van der Waals surface area contributed by atoms with Crippen molar-refractivity contribution in [1.82, 2.24) is 4.98 Å². The molecular weight excluding hydrogens is 327 g/mol. The summed E-state index contributed by atoms with van der Waals surface area (Å²) in [6, 6.07) is 9.73. The average Bonchev–Trinajstić information content (AvgIpc) is 2.62. The van der Waals surface area contributed by atoms with Gasteiger partial charge in [-0.2, -0.15) is 0 Å². The maximum absolute atomic E-state index is 13.3. The molecule has 2 N–H and O–H groups in total. The molecule has 0 radical (unpaired) electrons. The van der Waals surface area contributed by atoms with Crippen LogP contribution in [0.2, 0.25) is 0 Å². The molecule has 2 aromatic carbocycles. The first-order valence-corrected chi connectivity index (χ1v) is 7.30. The van der Waals surface area contributed by atoms with Gasteiger partial charge in [-0.15, -0.1) is 0 Å². The zero-order valence-electron chi connectivity index (χ0n) is 13.1. The Hall–Kier alpha value is -3.48. The largest absolute Gasteiger partial charge is 0.465 e. The van der Waals surface area contributed by atoms with Crippen molar-refractivity contribution in [3.05, 3.63) is 75.8 Å². The zero-order chi connectivity index (χ0) is 18.0. The van der Waals surface area contributed by atoms with Crippen LogP contribution < -0.4 is 10.7 Å². The van der Waals surface area contributed by atoms with Crippen molar-refractivity contribution in [2.45, 2.75) is 0 Å². The summed E-state index contributed by atoms with van der Waals surface area (Å²) in [5.41, 5.74) is 0.452. The molecule has 3 aromatic rings. The Labute approximate surface area is 141 Å². The smallest absolute Gasteiger partial charge is 0.337 e. The van der Waals surface area contributed by atoms with Gasteiger partial charge < -0.3 is 15.0 Å². The van der Waals surface area contributed by atoms with Crippen LogP contribution in [0, 0.1) is 5.82 Å². The van der Waals surface area contributed by atoms with Crippen LogP contribution in [0.4, 0.5) is 10.1 Å². The second-order valence-electron chi connectivity index (χ2n) is 5.24. The van der Waals surface area contributed by atoms with Gasteiger partial charge in [0.15, 0.2) is 0 Å². The van der Waals surface area contributed by atoms with Crippen molar-refractivity contribution < 1.29 is 18.7 Å². The Bertz CT molecular complexity index is 1030. The fraction of sp³-hybridized carbons (Fsp3) is 0.0556. The molecule has 25 heavy (non-hydrogen) atoms. The third-order valence-electron chi connectivity index (χ3n) is 3.65. The molecule has 0 bridgehead atoms. The van der Waals surface area contributed by atoms with Crippen molar-refractivity contribution in [3.8, 4) is 0 Å². The van der Waals surface area contributed by atoms with E-state index in [9.17, 15) is 18.8 Å². The van der Waals surface area contributed by atoms with Gasteiger partial charge in [-0.25, -0.2) is 9.18 Å². The van der Waals surface area contributed by atoms with Gasteiger partial charge in [-0.3, -0.25) is 9.59 Å². The number of nitrogens with one attached hydrogen (secondary N) is 2. The summed E-state index contributed by atoms with van der Waals surface area (Å²) in [7, 11) is 1.27. The Morgan fingerprint density at radius 2 is 1.84 bits per heavy atom. The molecule has 3 rings (SSSR count). The van der Waals surface area contributed by atoms with Crippen LogP contribution in [0.1, 0.15) is 20.7 Å². The number of benzene rings is 2. The average molecular weight is 340 g/mol. The number of methoxy groups -OCH3 is 1. The Morgan fingerprint density at radius 3 is 2.52 bits per heavy atom. The lowest BCUT2D eigenvalue weighted by Crippen LogP contribution is -2.22. The highest BCUT2D eigenvalue weighted by molar-refractivity contribution is 6.05. The van der Waals surface area contributed by atoms with Crippen LogP contribution in [0.25, 0.3) is 10.9 Å². The summed E-state index contributed by atoms with van der Waals surface area (Å²) in [5.74, 6) is -1.70. The predicted molar refractivity (Wildman–Crippen MR) is 90.3 cm³/mol. The van der Waals surface area contributed by atoms with E-state index in [0.29, 0.717) is 16.8 Å². The standard InChI is InChI=1S/C18H13FN2O4/c1-25-18(24)10-2-5-12(6-3-10)21-17(23)14-9-20-15-7-4-11(19)8-13(15)16(14)22/h2-9H,1H3,(H,20,22)(H,21,23). The molecule has 1 amide bonds. The molecule has 1 heterocycles. The first kappa shape index (κ1) is 16.4. The third-order valence-corrected chi connectivity index (χ3v) is 3.65. The van der Waals surface area contributed by atoms with E-state index < -0.39 is 23.1 Å². The number of aromatic amines is 1. The maximum atomic E-state index is 13.3. The molecule has 0 aliphatic carbocycles. The van der Waals surface area contributed by atoms with E-state index in [1.54, 1.807) is 0 Å². The second-order valence-corrected chi connectivity index (χ2v) is 5.24. The lowest BCUT2D eigenvalue weighted by molar-refractivity contribution is 0.0600. The highest BCUT2D eigenvalue weighted by atomic mass is 19.1. The number of esters is 1. The molecule has 0 fully saturated rings. The van der Waals surface area contributed by atoms with Crippen LogP contribution >= 0.6 is 0 Å². The van der Waals surface area contributed by atoms with Gasteiger partial charge in [0, 0.05) is 22.8 Å². The van der Waals surface area contributed by atoms with E-state index in [0.717, 1.165) is 6.07 Å². The summed E-state index contributed by atoms with van der Waals surface area (Å²) in [5, 5.41) is 2.65. The van der Waals surface area contributed by atoms with Crippen LogP contribution in [-0.4, -0.2) is 24.0 Å². The number of H-pyrrole nitrogens is 1. The summed E-state index contributed by atoms with van der Waals surface area (Å²) in [4.78, 5) is 38.9. The Morgan fingerprint density at radius 1 is 1.12 bits per heavy atom. The Kier molecular flexibility index (Phi) is 4.30. The number of carbonyl (C=O) groups is 2. The first-order valence-electron chi connectivity index (χ1n) is 7.30. The molecule has 1 aromatic heterocycles. The predicted octanol–water partition coefficient (Wildman–Crippen LogP) is 2.71. The van der Waals surface area contributed by atoms with E-state index in [4.69, 9.17) is 0 Å². The summed E-state index contributed by atoms with van der Waals surface area (Å²) < 4.78 is 17.9. The number of ether oxygens (including phenoxy) is 1. The van der Waals surface area contributed by atoms with Crippen molar-refractivity contribution in [2.75, 3.05) is 12.4 Å². The third kappa shape index (κ3) is 3.25. The topological polar surface area (TPSA) is 88.3 Å². The first-order chi connectivity index (χ1) is 12.0. The van der Waals surface area contributed by atoms with Crippen molar-refractivity contribution in [2.24, 2.45) is 0 Å². The molecule has 0 atom stereocenters. The van der Waals surface area contributed by atoms with E-state index in [1.165, 1.54) is 49.7 Å². The van der Waals surface area contributed by atoms with Gasteiger partial charge in [0.05, 0.1) is 12.7 Å². The number of halogens is 1. The number of hydrogen-bond donors (Lipinski definition) is 2. The molecule has 0 saturated heterocycles. The minimum atomic E-state index is -0.641. The van der Waals surface area contributed by atoms with Gasteiger partial charge in [0.2, 0.25) is 5.43 Å². The fourth-order valence-electron chi connectivity index (χ4n) is 2.37. The summed E-state index contributed by atoms with van der Waals surface area (Å²) >= 11 is 0. The number of pyridine rings is 1. The normalized spacial score (nSPS) is 10.5. The van der Waals surface area contributed by atoms with Gasteiger partial charge in [-0.05, 0) is 42.5 Å². The van der Waals surface area contributed by atoms with E-state index >= 15 is 0 Å². The number of anilines is 1.